The van der Waals surface area contributed by atoms with Crippen molar-refractivity contribution in [3.05, 3.63) is 131 Å². The van der Waals surface area contributed by atoms with Crippen LogP contribution in [0.4, 0.5) is 0 Å². The first kappa shape index (κ1) is 29.6. The van der Waals surface area contributed by atoms with Gasteiger partial charge in [-0.05, 0) is 84.6 Å². The van der Waals surface area contributed by atoms with Crippen LogP contribution < -0.4 is 20.5 Å². The number of rotatable bonds is 6. The molecule has 43 heavy (non-hydrogen) atoms. The molecule has 0 radical (unpaired) electrons. The average molecular weight is 575 g/mol. The molecule has 1 aliphatic heterocycles. The topological polar surface area (TPSA) is 105 Å². The molecule has 0 fully saturated rings. The summed E-state index contributed by atoms with van der Waals surface area (Å²) in [5, 5.41) is 6.27. The molecule has 5 N–H and O–H groups in total. The zero-order chi connectivity index (χ0) is 30.0. The number of nitrogens with one attached hydrogen (secondary N) is 3. The number of aldehydes is 1. The highest BCUT2D eigenvalue weighted by Gasteiger charge is 2.24. The molecule has 1 aliphatic rings. The van der Waals surface area contributed by atoms with Crippen LogP contribution in [0.2, 0.25) is 0 Å². The Kier molecular flexibility index (Phi) is 9.90. The number of hydrogen-bond acceptors (Lipinski definition) is 5. The van der Waals surface area contributed by atoms with Crippen molar-refractivity contribution in [2.75, 3.05) is 27.3 Å². The van der Waals surface area contributed by atoms with Gasteiger partial charge in [0.2, 0.25) is 0 Å². The Morgan fingerprint density at radius 3 is 2.09 bits per heavy atom. The van der Waals surface area contributed by atoms with Crippen molar-refractivity contribution >= 4 is 28.1 Å². The van der Waals surface area contributed by atoms with Crippen LogP contribution >= 0.6 is 0 Å². The van der Waals surface area contributed by atoms with Gasteiger partial charge in [-0.3, -0.25) is 4.79 Å². The average Bonchev–Trinajstić information content (AvgIpc) is 3.67. The van der Waals surface area contributed by atoms with E-state index in [0.29, 0.717) is 12.1 Å². The summed E-state index contributed by atoms with van der Waals surface area (Å²) in [5.41, 5.74) is 13.9. The molecule has 6 aromatic rings. The Morgan fingerprint density at radius 1 is 0.814 bits per heavy atom. The van der Waals surface area contributed by atoms with E-state index in [1.54, 1.807) is 38.5 Å². The van der Waals surface area contributed by atoms with E-state index in [1.807, 2.05) is 24.4 Å². The summed E-state index contributed by atoms with van der Waals surface area (Å²) in [6.45, 7) is 1.72. The number of para-hydroxylation sites is 2. The third-order valence-electron chi connectivity index (χ3n) is 7.65. The molecule has 220 valence electrons. The molecular weight excluding hydrogens is 536 g/mol. The summed E-state index contributed by atoms with van der Waals surface area (Å²) < 4.78 is 10.1. The van der Waals surface area contributed by atoms with Gasteiger partial charge >= 0.3 is 0 Å². The van der Waals surface area contributed by atoms with E-state index in [9.17, 15) is 4.79 Å². The third kappa shape index (κ3) is 6.97. The molecule has 0 saturated carbocycles. The van der Waals surface area contributed by atoms with Gasteiger partial charge in [0.1, 0.15) is 17.8 Å². The maximum Gasteiger partial charge on any atom is 0.150 e. The monoisotopic (exact) mass is 574 g/mol. The molecule has 0 amide bonds. The number of aromatic amines is 2. The number of fused-ring (bicyclic) bond motifs is 4. The predicted molar refractivity (Wildman–Crippen MR) is 174 cm³/mol. The van der Waals surface area contributed by atoms with Crippen LogP contribution in [0.1, 0.15) is 38.8 Å². The minimum Gasteiger partial charge on any atom is -0.497 e. The summed E-state index contributed by atoms with van der Waals surface area (Å²) in [6.07, 6.45) is 4.87. The molecular formula is C36H38N4O3. The largest absolute Gasteiger partial charge is 0.497 e. The van der Waals surface area contributed by atoms with Crippen LogP contribution in [-0.2, 0) is 12.8 Å². The second-order valence-corrected chi connectivity index (χ2v) is 10.3. The highest BCUT2D eigenvalue weighted by molar-refractivity contribution is 5.85. The summed E-state index contributed by atoms with van der Waals surface area (Å²) in [4.78, 5) is 17.0. The van der Waals surface area contributed by atoms with Crippen molar-refractivity contribution in [1.29, 1.82) is 0 Å². The zero-order valence-electron chi connectivity index (χ0n) is 24.6. The predicted octanol–water partition coefficient (Wildman–Crippen LogP) is 6.59. The maximum absolute atomic E-state index is 10.2. The van der Waals surface area contributed by atoms with E-state index in [-0.39, 0.29) is 6.04 Å². The first-order valence-electron chi connectivity index (χ1n) is 14.5. The fraction of sp³-hybridized carbons (Fsp3) is 0.194. The lowest BCUT2D eigenvalue weighted by atomic mass is 9.94. The van der Waals surface area contributed by atoms with Crippen molar-refractivity contribution in [2.24, 2.45) is 5.73 Å². The van der Waals surface area contributed by atoms with E-state index in [1.165, 1.54) is 44.2 Å². The highest BCUT2D eigenvalue weighted by atomic mass is 16.5. The van der Waals surface area contributed by atoms with Gasteiger partial charge in [0, 0.05) is 45.8 Å². The minimum absolute atomic E-state index is 0.229. The van der Waals surface area contributed by atoms with Gasteiger partial charge in [0.15, 0.2) is 0 Å². The van der Waals surface area contributed by atoms with Gasteiger partial charge < -0.3 is 30.5 Å². The number of carbonyl (C=O) groups is 1. The Labute approximate surface area is 252 Å². The molecule has 1 unspecified atom stereocenters. The van der Waals surface area contributed by atoms with Crippen LogP contribution in [-0.4, -0.2) is 43.6 Å². The second kappa shape index (κ2) is 14.4. The number of H-pyrrole nitrogens is 2. The molecule has 2 aromatic heterocycles. The lowest BCUT2D eigenvalue weighted by molar-refractivity contribution is 0.112. The second-order valence-electron chi connectivity index (χ2n) is 10.3. The van der Waals surface area contributed by atoms with Crippen molar-refractivity contribution in [3.63, 3.8) is 0 Å². The first-order chi connectivity index (χ1) is 21.1. The maximum atomic E-state index is 10.2. The van der Waals surface area contributed by atoms with Gasteiger partial charge in [0.25, 0.3) is 0 Å². The molecule has 3 heterocycles. The molecule has 0 spiro atoms. The number of carbonyl (C=O) groups excluding carboxylic acids is 1. The van der Waals surface area contributed by atoms with Crippen molar-refractivity contribution in [2.45, 2.75) is 18.9 Å². The van der Waals surface area contributed by atoms with Crippen molar-refractivity contribution in [1.82, 2.24) is 15.3 Å². The number of ether oxygens (including phenoxy) is 2. The lowest BCUT2D eigenvalue weighted by Crippen LogP contribution is -2.30. The molecule has 0 aliphatic carbocycles. The van der Waals surface area contributed by atoms with Crippen LogP contribution in [0, 0.1) is 0 Å². The standard InChI is InChI=1S/C18H18N2O.C10H12N2.C8H8O2/c1-21-13-8-6-12(7-9-13)17-18-15(10-11-19-17)14-4-2-3-5-16(14)20-18;11-6-5-8-7-12-10-4-2-1-3-9(8)10;1-10-8-4-2-7(6-9)3-5-8/h2-9,17,19-20H,10-11H2,1H3;1-4,7,12H,5-6,11H2;2-6H,1H3. The Hall–Kier alpha value is -4.85. The normalized spacial score (nSPS) is 13.7. The Balaban J connectivity index is 0.000000142. The quantitative estimate of drug-likeness (QED) is 0.168. The van der Waals surface area contributed by atoms with Crippen LogP contribution in [0.15, 0.2) is 103 Å². The number of methoxy groups -OCH3 is 2. The van der Waals surface area contributed by atoms with Gasteiger partial charge in [-0.25, -0.2) is 0 Å². The fourth-order valence-corrected chi connectivity index (χ4v) is 5.44. The van der Waals surface area contributed by atoms with Crippen LogP contribution in [0.25, 0.3) is 21.8 Å². The SMILES string of the molecule is COc1ccc(C2NCCc3c2[nH]c2ccccc32)cc1.COc1ccc(C=O)cc1.NCCc1c[nH]c2ccccc12. The summed E-state index contributed by atoms with van der Waals surface area (Å²) in [5.74, 6) is 1.66. The van der Waals surface area contributed by atoms with Gasteiger partial charge in [-0.2, -0.15) is 0 Å². The van der Waals surface area contributed by atoms with E-state index < -0.39 is 0 Å². The third-order valence-corrected chi connectivity index (χ3v) is 7.65. The van der Waals surface area contributed by atoms with Gasteiger partial charge in [-0.1, -0.05) is 48.5 Å². The lowest BCUT2D eigenvalue weighted by Gasteiger charge is -2.25. The fourth-order valence-electron chi connectivity index (χ4n) is 5.44. The van der Waals surface area contributed by atoms with E-state index in [4.69, 9.17) is 15.2 Å². The minimum atomic E-state index is 0.229. The summed E-state index contributed by atoms with van der Waals surface area (Å²) in [6, 6.07) is 32.3. The van der Waals surface area contributed by atoms with Gasteiger partial charge in [-0.15, -0.1) is 0 Å². The molecule has 7 rings (SSSR count). The molecule has 7 heteroatoms. The zero-order valence-corrected chi connectivity index (χ0v) is 24.6. The van der Waals surface area contributed by atoms with Crippen LogP contribution in [0.3, 0.4) is 0 Å². The van der Waals surface area contributed by atoms with Crippen molar-refractivity contribution in [3.8, 4) is 11.5 Å². The number of nitrogens with two attached hydrogens (primary N) is 1. The number of hydrogen-bond donors (Lipinski definition) is 4. The summed E-state index contributed by atoms with van der Waals surface area (Å²) in [7, 11) is 3.29. The molecule has 0 bridgehead atoms. The van der Waals surface area contributed by atoms with Crippen molar-refractivity contribution < 1.29 is 14.3 Å². The van der Waals surface area contributed by atoms with E-state index >= 15 is 0 Å². The van der Waals surface area contributed by atoms with Gasteiger partial charge in [0.05, 0.1) is 20.3 Å². The molecule has 7 nitrogen and oxygen atoms in total. The Bertz CT molecular complexity index is 1750. The van der Waals surface area contributed by atoms with E-state index in [0.717, 1.165) is 37.2 Å². The Morgan fingerprint density at radius 2 is 1.44 bits per heavy atom. The van der Waals surface area contributed by atoms with Crippen LogP contribution in [0.5, 0.6) is 11.5 Å². The van der Waals surface area contributed by atoms with E-state index in [2.05, 4.69) is 69.9 Å². The highest BCUT2D eigenvalue weighted by Crippen LogP contribution is 2.33. The molecule has 1 atom stereocenters. The molecule has 0 saturated heterocycles. The number of benzene rings is 4. The smallest absolute Gasteiger partial charge is 0.150 e. The first-order valence-corrected chi connectivity index (χ1v) is 14.5. The number of aromatic nitrogens is 2. The summed E-state index contributed by atoms with van der Waals surface area (Å²) >= 11 is 0. The molecule has 4 aromatic carbocycles.